The van der Waals surface area contributed by atoms with Crippen molar-refractivity contribution in [2.45, 2.75) is 24.7 Å². The summed E-state index contributed by atoms with van der Waals surface area (Å²) >= 11 is 1.83. The number of benzene rings is 1. The number of piperidine rings is 1. The number of nitrogens with zero attached hydrogens (tertiary/aromatic N) is 2. The van der Waals surface area contributed by atoms with Gasteiger partial charge in [0.1, 0.15) is 4.93 Å². The lowest BCUT2D eigenvalue weighted by molar-refractivity contribution is -0.385. The molecule has 6 nitrogen and oxygen atoms in total. The molecule has 2 heterocycles. The highest BCUT2D eigenvalue weighted by Gasteiger charge is 2.40. The summed E-state index contributed by atoms with van der Waals surface area (Å²) < 4.78 is 5.82. The van der Waals surface area contributed by atoms with E-state index in [4.69, 9.17) is 4.74 Å². The Morgan fingerprint density at radius 3 is 2.73 bits per heavy atom. The van der Waals surface area contributed by atoms with Crippen LogP contribution in [0.15, 0.2) is 18.2 Å². The Morgan fingerprint density at radius 2 is 2.14 bits per heavy atom. The molecule has 2 fully saturated rings. The number of hydrogen-bond donors (Lipinski definition) is 0. The van der Waals surface area contributed by atoms with Crippen LogP contribution < -0.4 is 0 Å². The van der Waals surface area contributed by atoms with Gasteiger partial charge in [-0.05, 0) is 13.0 Å². The maximum Gasteiger partial charge on any atom is 0.273 e. The van der Waals surface area contributed by atoms with E-state index < -0.39 is 4.92 Å². The summed E-state index contributed by atoms with van der Waals surface area (Å²) in [7, 11) is 0. The van der Waals surface area contributed by atoms with Crippen LogP contribution in [0, 0.1) is 17.0 Å². The number of nitro groups is 1. The average Bonchev–Trinajstić information content (AvgIpc) is 2.96. The fourth-order valence-corrected chi connectivity index (χ4v) is 4.13. The molecule has 1 amide bonds. The molecule has 0 radical (unpaired) electrons. The largest absolute Gasteiger partial charge is 0.363 e. The molecule has 22 heavy (non-hydrogen) atoms. The molecule has 2 aliphatic heterocycles. The third-order valence-corrected chi connectivity index (χ3v) is 5.70. The van der Waals surface area contributed by atoms with Gasteiger partial charge < -0.3 is 9.64 Å². The van der Waals surface area contributed by atoms with Gasteiger partial charge in [0, 0.05) is 48.9 Å². The highest BCUT2D eigenvalue weighted by molar-refractivity contribution is 8.00. The Hall–Kier alpha value is -1.60. The Balaban J connectivity index is 1.72. The summed E-state index contributed by atoms with van der Waals surface area (Å²) in [6.45, 7) is 3.72. The lowest BCUT2D eigenvalue weighted by Gasteiger charge is -2.37. The van der Waals surface area contributed by atoms with Crippen molar-refractivity contribution in [2.75, 3.05) is 25.4 Å². The Kier molecular flexibility index (Phi) is 4.10. The summed E-state index contributed by atoms with van der Waals surface area (Å²) in [4.78, 5) is 24.8. The first-order valence-corrected chi connectivity index (χ1v) is 8.32. The van der Waals surface area contributed by atoms with Crippen LogP contribution in [0.4, 0.5) is 5.69 Å². The quantitative estimate of drug-likeness (QED) is 0.618. The molecular weight excluding hydrogens is 304 g/mol. The standard InChI is InChI=1S/C15H18N2O4S/c1-11-2-3-12(10-13(11)17(19)20)14(18)16-6-4-15(5-7-16)21-8-9-22-15/h2-3,10H,4-9H2,1H3. The first-order valence-electron chi connectivity index (χ1n) is 7.33. The second kappa shape index (κ2) is 5.89. The van der Waals surface area contributed by atoms with Crippen molar-refractivity contribution in [3.8, 4) is 0 Å². The van der Waals surface area contributed by atoms with Gasteiger partial charge >= 0.3 is 0 Å². The van der Waals surface area contributed by atoms with Crippen LogP contribution in [-0.4, -0.2) is 46.1 Å². The van der Waals surface area contributed by atoms with E-state index in [0.29, 0.717) is 24.2 Å². The lowest BCUT2D eigenvalue weighted by atomic mass is 10.0. The summed E-state index contributed by atoms with van der Waals surface area (Å²) in [5.74, 6) is 0.874. The maximum atomic E-state index is 12.5. The van der Waals surface area contributed by atoms with Crippen molar-refractivity contribution < 1.29 is 14.5 Å². The zero-order valence-corrected chi connectivity index (χ0v) is 13.2. The molecule has 2 saturated heterocycles. The summed E-state index contributed by atoms with van der Waals surface area (Å²) in [5, 5.41) is 11.0. The minimum atomic E-state index is -0.444. The molecule has 0 unspecified atom stereocenters. The van der Waals surface area contributed by atoms with Crippen molar-refractivity contribution in [1.29, 1.82) is 0 Å². The predicted octanol–water partition coefficient (Wildman–Crippen LogP) is 2.60. The van der Waals surface area contributed by atoms with Gasteiger partial charge in [0.05, 0.1) is 11.5 Å². The number of likely N-dealkylation sites (tertiary alicyclic amines) is 1. The van der Waals surface area contributed by atoms with E-state index in [1.165, 1.54) is 6.07 Å². The fraction of sp³-hybridized carbons (Fsp3) is 0.533. The van der Waals surface area contributed by atoms with Crippen molar-refractivity contribution in [2.24, 2.45) is 0 Å². The maximum absolute atomic E-state index is 12.5. The molecule has 0 aromatic heterocycles. The zero-order valence-electron chi connectivity index (χ0n) is 12.4. The van der Waals surface area contributed by atoms with Crippen molar-refractivity contribution >= 4 is 23.4 Å². The first-order chi connectivity index (χ1) is 10.5. The second-order valence-electron chi connectivity index (χ2n) is 5.66. The van der Waals surface area contributed by atoms with Crippen molar-refractivity contribution in [3.63, 3.8) is 0 Å². The number of rotatable bonds is 2. The van der Waals surface area contributed by atoms with Crippen LogP contribution in [0.1, 0.15) is 28.8 Å². The molecule has 0 N–H and O–H groups in total. The van der Waals surface area contributed by atoms with E-state index in [9.17, 15) is 14.9 Å². The summed E-state index contributed by atoms with van der Waals surface area (Å²) in [5.41, 5.74) is 0.942. The predicted molar refractivity (Wildman–Crippen MR) is 84.1 cm³/mol. The first kappa shape index (κ1) is 15.3. The minimum absolute atomic E-state index is 0.00554. The number of hydrogen-bond acceptors (Lipinski definition) is 5. The Bertz CT molecular complexity index is 604. The van der Waals surface area contributed by atoms with Crippen molar-refractivity contribution in [1.82, 2.24) is 4.90 Å². The molecule has 118 valence electrons. The van der Waals surface area contributed by atoms with Crippen LogP contribution >= 0.6 is 11.8 Å². The molecule has 3 rings (SSSR count). The third kappa shape index (κ3) is 2.83. The molecule has 0 atom stereocenters. The van der Waals surface area contributed by atoms with E-state index in [1.807, 2.05) is 11.8 Å². The molecule has 0 bridgehead atoms. The average molecular weight is 322 g/mol. The molecule has 0 saturated carbocycles. The summed E-state index contributed by atoms with van der Waals surface area (Å²) in [6, 6.07) is 4.67. The highest BCUT2D eigenvalue weighted by Crippen LogP contribution is 2.41. The number of thioether (sulfide) groups is 1. The minimum Gasteiger partial charge on any atom is -0.363 e. The van der Waals surface area contributed by atoms with Crippen LogP contribution in [-0.2, 0) is 4.74 Å². The van der Waals surface area contributed by atoms with E-state index >= 15 is 0 Å². The number of carbonyl (C=O) groups excluding carboxylic acids is 1. The monoisotopic (exact) mass is 322 g/mol. The molecular formula is C15H18N2O4S. The molecule has 0 aliphatic carbocycles. The summed E-state index contributed by atoms with van der Waals surface area (Å²) in [6.07, 6.45) is 1.63. The van der Waals surface area contributed by atoms with Crippen LogP contribution in [0.2, 0.25) is 0 Å². The number of carbonyl (C=O) groups is 1. The van der Waals surface area contributed by atoms with Crippen LogP contribution in [0.5, 0.6) is 0 Å². The van der Waals surface area contributed by atoms with Crippen LogP contribution in [0.25, 0.3) is 0 Å². The van der Waals surface area contributed by atoms with Gasteiger partial charge in [-0.15, -0.1) is 11.8 Å². The highest BCUT2D eigenvalue weighted by atomic mass is 32.2. The van der Waals surface area contributed by atoms with Crippen molar-refractivity contribution in [3.05, 3.63) is 39.4 Å². The zero-order chi connectivity index (χ0) is 15.7. The van der Waals surface area contributed by atoms with Crippen LogP contribution in [0.3, 0.4) is 0 Å². The number of nitro benzene ring substituents is 1. The molecule has 7 heteroatoms. The Morgan fingerprint density at radius 1 is 1.41 bits per heavy atom. The lowest BCUT2D eigenvalue weighted by Crippen LogP contribution is -2.45. The van der Waals surface area contributed by atoms with Gasteiger partial charge in [-0.2, -0.15) is 0 Å². The van der Waals surface area contributed by atoms with Gasteiger partial charge in [-0.3, -0.25) is 14.9 Å². The molecule has 1 aromatic carbocycles. The van der Waals surface area contributed by atoms with Gasteiger partial charge in [-0.1, -0.05) is 6.07 Å². The topological polar surface area (TPSA) is 72.7 Å². The molecule has 2 aliphatic rings. The van der Waals surface area contributed by atoms with Gasteiger partial charge in [0.25, 0.3) is 11.6 Å². The van der Waals surface area contributed by atoms with E-state index in [-0.39, 0.29) is 16.5 Å². The third-order valence-electron chi connectivity index (χ3n) is 4.28. The van der Waals surface area contributed by atoms with Gasteiger partial charge in [0.15, 0.2) is 0 Å². The van der Waals surface area contributed by atoms with E-state index in [2.05, 4.69) is 0 Å². The van der Waals surface area contributed by atoms with Gasteiger partial charge in [-0.25, -0.2) is 0 Å². The fourth-order valence-electron chi connectivity index (χ4n) is 2.96. The molecule has 1 aromatic rings. The number of ether oxygens (including phenoxy) is 1. The van der Waals surface area contributed by atoms with Gasteiger partial charge in [0.2, 0.25) is 0 Å². The van der Waals surface area contributed by atoms with E-state index in [0.717, 1.165) is 25.2 Å². The van der Waals surface area contributed by atoms with E-state index in [1.54, 1.807) is 24.0 Å². The molecule has 1 spiro atoms. The Labute approximate surface area is 133 Å². The number of amides is 1. The smallest absolute Gasteiger partial charge is 0.273 e. The normalized spacial score (nSPS) is 20.3. The SMILES string of the molecule is Cc1ccc(C(=O)N2CCC3(CC2)OCCS3)cc1[N+](=O)[O-]. The number of aryl methyl sites for hydroxylation is 1. The second-order valence-corrected chi connectivity index (χ2v) is 7.10.